The zero-order chi connectivity index (χ0) is 15.6. The molecule has 2 atom stereocenters. The number of carboxylic acid groups (broad SMARTS) is 1. The van der Waals surface area contributed by atoms with Gasteiger partial charge in [0.1, 0.15) is 11.3 Å². The molecule has 0 bridgehead atoms. The van der Waals surface area contributed by atoms with Gasteiger partial charge in [-0.25, -0.2) is 4.98 Å². The highest BCUT2D eigenvalue weighted by atomic mass is 32.2. The molecule has 118 valence electrons. The van der Waals surface area contributed by atoms with E-state index >= 15 is 0 Å². The van der Waals surface area contributed by atoms with E-state index in [2.05, 4.69) is 10.3 Å². The van der Waals surface area contributed by atoms with Gasteiger partial charge in [-0.2, -0.15) is 0 Å². The summed E-state index contributed by atoms with van der Waals surface area (Å²) in [5.74, 6) is 0.0828. The highest BCUT2D eigenvalue weighted by Crippen LogP contribution is 2.38. The summed E-state index contributed by atoms with van der Waals surface area (Å²) in [5, 5.41) is 13.8. The van der Waals surface area contributed by atoms with Gasteiger partial charge in [0.25, 0.3) is 5.22 Å². The van der Waals surface area contributed by atoms with E-state index in [-0.39, 0.29) is 11.3 Å². The zero-order valence-electron chi connectivity index (χ0n) is 13.1. The second kappa shape index (κ2) is 6.40. The van der Waals surface area contributed by atoms with Crippen molar-refractivity contribution in [1.29, 1.82) is 0 Å². The van der Waals surface area contributed by atoms with E-state index in [1.54, 1.807) is 11.8 Å². The number of rotatable bonds is 5. The molecule has 2 N–H and O–H groups in total. The molecule has 0 aromatic carbocycles. The van der Waals surface area contributed by atoms with Crippen LogP contribution >= 0.6 is 11.8 Å². The molecule has 1 fully saturated rings. The number of hydrogen-bond donors (Lipinski definition) is 2. The second-order valence-corrected chi connectivity index (χ2v) is 7.40. The first kappa shape index (κ1) is 16.4. The SMILES string of the molecule is Cc1nc(SC2CCCC(NC(C)C)(C(=O)O)C2)oc1C. The number of hydrogen-bond acceptors (Lipinski definition) is 5. The molecule has 6 heteroatoms. The minimum atomic E-state index is -0.819. The smallest absolute Gasteiger partial charge is 0.323 e. The van der Waals surface area contributed by atoms with E-state index in [1.807, 2.05) is 27.7 Å². The van der Waals surface area contributed by atoms with Crippen LogP contribution in [0.15, 0.2) is 9.64 Å². The van der Waals surface area contributed by atoms with Crippen LogP contribution in [-0.2, 0) is 4.79 Å². The topological polar surface area (TPSA) is 75.4 Å². The fourth-order valence-corrected chi connectivity index (χ4v) is 4.20. The van der Waals surface area contributed by atoms with Crippen molar-refractivity contribution in [3.63, 3.8) is 0 Å². The molecule has 0 amide bonds. The van der Waals surface area contributed by atoms with Gasteiger partial charge in [0, 0.05) is 11.3 Å². The Morgan fingerprint density at radius 3 is 2.76 bits per heavy atom. The van der Waals surface area contributed by atoms with E-state index in [0.717, 1.165) is 24.3 Å². The van der Waals surface area contributed by atoms with Crippen LogP contribution in [0.1, 0.15) is 51.0 Å². The zero-order valence-corrected chi connectivity index (χ0v) is 13.9. The highest BCUT2D eigenvalue weighted by molar-refractivity contribution is 7.99. The van der Waals surface area contributed by atoms with Gasteiger partial charge in [-0.15, -0.1) is 0 Å². The second-order valence-electron chi connectivity index (χ2n) is 6.14. The minimum Gasteiger partial charge on any atom is -0.480 e. The van der Waals surface area contributed by atoms with Crippen LogP contribution < -0.4 is 5.32 Å². The highest BCUT2D eigenvalue weighted by Gasteiger charge is 2.43. The average Bonchev–Trinajstić information content (AvgIpc) is 2.67. The molecule has 0 saturated heterocycles. The van der Waals surface area contributed by atoms with Gasteiger partial charge < -0.3 is 9.52 Å². The Kier molecular flexibility index (Phi) is 4.99. The number of aryl methyl sites for hydroxylation is 2. The number of oxazole rings is 1. The molecule has 21 heavy (non-hydrogen) atoms. The predicted octanol–water partition coefficient (Wildman–Crippen LogP) is 3.15. The van der Waals surface area contributed by atoms with Crippen molar-refractivity contribution in [2.75, 3.05) is 0 Å². The lowest BCUT2D eigenvalue weighted by Crippen LogP contribution is -2.57. The van der Waals surface area contributed by atoms with Crippen LogP contribution in [0.5, 0.6) is 0 Å². The molecule has 1 aliphatic carbocycles. The summed E-state index contributed by atoms with van der Waals surface area (Å²) in [7, 11) is 0. The first-order chi connectivity index (χ1) is 9.82. The monoisotopic (exact) mass is 312 g/mol. The summed E-state index contributed by atoms with van der Waals surface area (Å²) in [4.78, 5) is 16.1. The first-order valence-electron chi connectivity index (χ1n) is 7.44. The Morgan fingerprint density at radius 2 is 2.24 bits per heavy atom. The van der Waals surface area contributed by atoms with Gasteiger partial charge in [0.2, 0.25) is 0 Å². The number of thioether (sulfide) groups is 1. The summed E-state index contributed by atoms with van der Waals surface area (Å²) in [6.45, 7) is 7.80. The van der Waals surface area contributed by atoms with E-state index in [9.17, 15) is 9.90 Å². The van der Waals surface area contributed by atoms with Crippen molar-refractivity contribution >= 4 is 17.7 Å². The average molecular weight is 312 g/mol. The number of aliphatic carboxylic acids is 1. The lowest BCUT2D eigenvalue weighted by atomic mass is 9.81. The molecule has 0 spiro atoms. The van der Waals surface area contributed by atoms with Crippen molar-refractivity contribution in [2.24, 2.45) is 0 Å². The Hall–Kier alpha value is -1.01. The number of carboxylic acids is 1. The maximum absolute atomic E-state index is 11.8. The lowest BCUT2D eigenvalue weighted by molar-refractivity contribution is -0.146. The fraction of sp³-hybridized carbons (Fsp3) is 0.733. The largest absolute Gasteiger partial charge is 0.480 e. The van der Waals surface area contributed by atoms with Crippen molar-refractivity contribution in [2.45, 2.75) is 75.4 Å². The molecule has 1 aromatic heterocycles. The van der Waals surface area contributed by atoms with Crippen LogP contribution in [0.4, 0.5) is 0 Å². The third-order valence-corrected chi connectivity index (χ3v) is 5.07. The quantitative estimate of drug-likeness (QED) is 0.870. The number of nitrogens with one attached hydrogen (secondary N) is 1. The number of carbonyl (C=O) groups is 1. The Morgan fingerprint density at radius 1 is 1.52 bits per heavy atom. The van der Waals surface area contributed by atoms with Gasteiger partial charge in [0.15, 0.2) is 0 Å². The molecule has 1 saturated carbocycles. The third-order valence-electron chi connectivity index (χ3n) is 3.96. The molecule has 1 heterocycles. The Labute approximate surface area is 129 Å². The van der Waals surface area contributed by atoms with Crippen LogP contribution in [0.25, 0.3) is 0 Å². The van der Waals surface area contributed by atoms with E-state index in [1.165, 1.54) is 0 Å². The molecular formula is C15H24N2O3S. The van der Waals surface area contributed by atoms with Gasteiger partial charge >= 0.3 is 5.97 Å². The molecule has 1 aliphatic rings. The number of nitrogens with zero attached hydrogens (tertiary/aromatic N) is 1. The van der Waals surface area contributed by atoms with Crippen molar-refractivity contribution in [1.82, 2.24) is 10.3 Å². The van der Waals surface area contributed by atoms with Crippen molar-refractivity contribution in [3.05, 3.63) is 11.5 Å². The molecular weight excluding hydrogens is 288 g/mol. The van der Waals surface area contributed by atoms with Crippen LogP contribution in [-0.4, -0.2) is 32.9 Å². The summed E-state index contributed by atoms with van der Waals surface area (Å²) in [6, 6.07) is 0.149. The lowest BCUT2D eigenvalue weighted by Gasteiger charge is -2.39. The third kappa shape index (κ3) is 3.80. The minimum absolute atomic E-state index is 0.149. The normalized spacial score (nSPS) is 26.2. The maximum Gasteiger partial charge on any atom is 0.323 e. The van der Waals surface area contributed by atoms with Crippen LogP contribution in [0.3, 0.4) is 0 Å². The van der Waals surface area contributed by atoms with Crippen molar-refractivity contribution in [3.8, 4) is 0 Å². The van der Waals surface area contributed by atoms with Crippen molar-refractivity contribution < 1.29 is 14.3 Å². The van der Waals surface area contributed by atoms with E-state index in [4.69, 9.17) is 4.42 Å². The molecule has 0 radical (unpaired) electrons. The van der Waals surface area contributed by atoms with E-state index < -0.39 is 11.5 Å². The summed E-state index contributed by atoms with van der Waals surface area (Å²) in [6.07, 6.45) is 3.19. The predicted molar refractivity (Wildman–Crippen MR) is 82.7 cm³/mol. The van der Waals surface area contributed by atoms with Gasteiger partial charge in [-0.1, -0.05) is 11.8 Å². The molecule has 0 aliphatic heterocycles. The van der Waals surface area contributed by atoms with Gasteiger partial charge in [-0.05, 0) is 53.4 Å². The fourth-order valence-electron chi connectivity index (χ4n) is 2.90. The van der Waals surface area contributed by atoms with E-state index in [0.29, 0.717) is 18.1 Å². The first-order valence-corrected chi connectivity index (χ1v) is 8.32. The standard InChI is InChI=1S/C15H24N2O3S/c1-9(2)17-15(13(18)19)7-5-6-12(8-15)21-14-16-10(3)11(4)20-14/h9,12,17H,5-8H2,1-4H3,(H,18,19). The summed E-state index contributed by atoms with van der Waals surface area (Å²) >= 11 is 1.57. The summed E-state index contributed by atoms with van der Waals surface area (Å²) < 4.78 is 5.61. The van der Waals surface area contributed by atoms with Crippen LogP contribution in [0, 0.1) is 13.8 Å². The number of aromatic nitrogens is 1. The maximum atomic E-state index is 11.8. The molecule has 5 nitrogen and oxygen atoms in total. The molecule has 1 aromatic rings. The molecule has 2 unspecified atom stereocenters. The Bertz CT molecular complexity index is 496. The van der Waals surface area contributed by atoms with Crippen LogP contribution in [0.2, 0.25) is 0 Å². The van der Waals surface area contributed by atoms with Gasteiger partial charge in [-0.3, -0.25) is 10.1 Å². The van der Waals surface area contributed by atoms with Gasteiger partial charge in [0.05, 0.1) is 5.69 Å². The summed E-state index contributed by atoms with van der Waals surface area (Å²) in [5.41, 5.74) is 0.0823. The molecule has 2 rings (SSSR count). The Balaban J connectivity index is 2.09.